The number of hydrogen-bond acceptors (Lipinski definition) is 4. The van der Waals surface area contributed by atoms with Crippen molar-refractivity contribution in [1.29, 1.82) is 0 Å². The molecule has 0 N–H and O–H groups in total. The van der Waals surface area contributed by atoms with Crippen molar-refractivity contribution >= 4 is 17.6 Å². The van der Waals surface area contributed by atoms with Gasteiger partial charge >= 0.3 is 5.97 Å². The number of carbonyl (C=O) groups excluding carboxylic acids is 2. The summed E-state index contributed by atoms with van der Waals surface area (Å²) in [6.07, 6.45) is 3.25. The molecule has 0 bridgehead atoms. The Balaban J connectivity index is 3.12. The Labute approximate surface area is 126 Å². The van der Waals surface area contributed by atoms with Crippen LogP contribution in [0.1, 0.15) is 34.6 Å². The highest BCUT2D eigenvalue weighted by atomic mass is 16.5. The Morgan fingerprint density at radius 1 is 1.24 bits per heavy atom. The lowest BCUT2D eigenvalue weighted by Gasteiger charge is -2.32. The van der Waals surface area contributed by atoms with Gasteiger partial charge in [-0.25, -0.2) is 0 Å². The largest absolute Gasteiger partial charge is 0.465 e. The van der Waals surface area contributed by atoms with E-state index in [4.69, 9.17) is 4.74 Å². The molecule has 0 radical (unpaired) electrons. The average Bonchev–Trinajstić information content (AvgIpc) is 2.39. The maximum absolute atomic E-state index is 12.8. The first-order valence-corrected chi connectivity index (χ1v) is 7.21. The zero-order chi connectivity index (χ0) is 16.0. The molecule has 1 aromatic heterocycles. The Kier molecular flexibility index (Phi) is 5.88. The number of ether oxygens (including phenoxy) is 1. The Bertz CT molecular complexity index is 480. The first-order valence-electron chi connectivity index (χ1n) is 7.21. The van der Waals surface area contributed by atoms with Gasteiger partial charge in [0.1, 0.15) is 5.92 Å². The summed E-state index contributed by atoms with van der Waals surface area (Å²) in [6.45, 7) is 9.97. The van der Waals surface area contributed by atoms with E-state index in [1.165, 1.54) is 0 Å². The maximum Gasteiger partial charge on any atom is 0.319 e. The van der Waals surface area contributed by atoms with Crippen LogP contribution in [0.3, 0.4) is 0 Å². The molecule has 1 amide bonds. The van der Waals surface area contributed by atoms with Gasteiger partial charge in [0.05, 0.1) is 6.61 Å². The van der Waals surface area contributed by atoms with Crippen molar-refractivity contribution in [3.63, 3.8) is 0 Å². The van der Waals surface area contributed by atoms with Crippen molar-refractivity contribution < 1.29 is 14.3 Å². The number of hydrogen-bond donors (Lipinski definition) is 0. The summed E-state index contributed by atoms with van der Waals surface area (Å²) in [5, 5.41) is 0. The molecule has 5 nitrogen and oxygen atoms in total. The molecule has 1 rings (SSSR count). The molecule has 0 fully saturated rings. The summed E-state index contributed by atoms with van der Waals surface area (Å²) in [5.74, 6) is -1.54. The van der Waals surface area contributed by atoms with Crippen molar-refractivity contribution in [3.05, 3.63) is 24.5 Å². The molecule has 1 atom stereocenters. The molecule has 0 aromatic carbocycles. The number of rotatable bonds is 5. The maximum atomic E-state index is 12.8. The van der Waals surface area contributed by atoms with Crippen LogP contribution in [0.5, 0.6) is 0 Å². The van der Waals surface area contributed by atoms with Crippen LogP contribution in [0.15, 0.2) is 24.5 Å². The van der Waals surface area contributed by atoms with Crippen molar-refractivity contribution in [2.45, 2.75) is 34.6 Å². The molecule has 116 valence electrons. The third-order valence-corrected chi connectivity index (χ3v) is 3.19. The molecule has 0 aliphatic rings. The third kappa shape index (κ3) is 4.28. The van der Waals surface area contributed by atoms with E-state index in [0.29, 0.717) is 6.54 Å². The van der Waals surface area contributed by atoms with Gasteiger partial charge in [-0.05, 0) is 31.4 Å². The topological polar surface area (TPSA) is 59.5 Å². The van der Waals surface area contributed by atoms with Crippen LogP contribution >= 0.6 is 0 Å². The van der Waals surface area contributed by atoms with Gasteiger partial charge in [-0.3, -0.25) is 14.6 Å². The number of anilines is 1. The standard InChI is InChI=1S/C16H24N2O3/c1-6-18(12-8-10-17-11-9-12)14(19)13(16(3,4)5)15(20)21-7-2/h8-11,13H,6-7H2,1-5H3. The fourth-order valence-electron chi connectivity index (χ4n) is 2.20. The lowest BCUT2D eigenvalue weighted by molar-refractivity contribution is -0.155. The van der Waals surface area contributed by atoms with Gasteiger partial charge in [0, 0.05) is 24.6 Å². The quantitative estimate of drug-likeness (QED) is 0.618. The van der Waals surface area contributed by atoms with Crippen LogP contribution in [0, 0.1) is 11.3 Å². The van der Waals surface area contributed by atoms with E-state index in [0.717, 1.165) is 5.69 Å². The molecule has 0 saturated carbocycles. The number of aromatic nitrogens is 1. The highest BCUT2D eigenvalue weighted by Crippen LogP contribution is 2.30. The van der Waals surface area contributed by atoms with Crippen molar-refractivity contribution in [2.24, 2.45) is 11.3 Å². The van der Waals surface area contributed by atoms with Gasteiger partial charge in [-0.1, -0.05) is 20.8 Å². The summed E-state index contributed by atoms with van der Waals surface area (Å²) < 4.78 is 5.08. The van der Waals surface area contributed by atoms with E-state index in [2.05, 4.69) is 4.98 Å². The number of carbonyl (C=O) groups is 2. The van der Waals surface area contributed by atoms with E-state index in [-0.39, 0.29) is 12.5 Å². The molecule has 5 heteroatoms. The smallest absolute Gasteiger partial charge is 0.319 e. The fraction of sp³-hybridized carbons (Fsp3) is 0.562. The third-order valence-electron chi connectivity index (χ3n) is 3.19. The molecule has 21 heavy (non-hydrogen) atoms. The molecular formula is C16H24N2O3. The zero-order valence-corrected chi connectivity index (χ0v) is 13.4. The lowest BCUT2D eigenvalue weighted by atomic mass is 9.79. The first-order chi connectivity index (χ1) is 9.82. The summed E-state index contributed by atoms with van der Waals surface area (Å²) in [6, 6.07) is 3.51. The second-order valence-corrected chi connectivity index (χ2v) is 5.84. The van der Waals surface area contributed by atoms with Gasteiger partial charge in [0.15, 0.2) is 0 Å². The van der Waals surface area contributed by atoms with Crippen molar-refractivity contribution in [2.75, 3.05) is 18.1 Å². The van der Waals surface area contributed by atoms with E-state index in [9.17, 15) is 9.59 Å². The van der Waals surface area contributed by atoms with Gasteiger partial charge in [0.2, 0.25) is 5.91 Å². The minimum Gasteiger partial charge on any atom is -0.465 e. The van der Waals surface area contributed by atoms with Crippen molar-refractivity contribution in [1.82, 2.24) is 4.98 Å². The predicted molar refractivity (Wildman–Crippen MR) is 81.8 cm³/mol. The summed E-state index contributed by atoms with van der Waals surface area (Å²) in [4.78, 5) is 30.6. The van der Waals surface area contributed by atoms with Crippen LogP contribution in [-0.2, 0) is 14.3 Å². The van der Waals surface area contributed by atoms with E-state index < -0.39 is 17.3 Å². The number of nitrogens with zero attached hydrogens (tertiary/aromatic N) is 2. The number of pyridine rings is 1. The molecular weight excluding hydrogens is 268 g/mol. The SMILES string of the molecule is CCOC(=O)C(C(=O)N(CC)c1ccncc1)C(C)(C)C. The Morgan fingerprint density at radius 3 is 2.24 bits per heavy atom. The molecule has 0 aliphatic carbocycles. The van der Waals surface area contributed by atoms with Crippen molar-refractivity contribution in [3.8, 4) is 0 Å². The van der Waals surface area contributed by atoms with Crippen LogP contribution in [-0.4, -0.2) is 30.0 Å². The van der Waals surface area contributed by atoms with Crippen LogP contribution in [0.2, 0.25) is 0 Å². The zero-order valence-electron chi connectivity index (χ0n) is 13.4. The molecule has 1 heterocycles. The fourth-order valence-corrected chi connectivity index (χ4v) is 2.20. The second kappa shape index (κ2) is 7.20. The molecule has 0 spiro atoms. The van der Waals surface area contributed by atoms with Gasteiger partial charge in [-0.2, -0.15) is 0 Å². The molecule has 0 saturated heterocycles. The second-order valence-electron chi connectivity index (χ2n) is 5.84. The molecule has 0 aliphatic heterocycles. The van der Waals surface area contributed by atoms with E-state index in [1.54, 1.807) is 36.4 Å². The monoisotopic (exact) mass is 292 g/mol. The van der Waals surface area contributed by atoms with E-state index >= 15 is 0 Å². The number of esters is 1. The van der Waals surface area contributed by atoms with Crippen LogP contribution in [0.4, 0.5) is 5.69 Å². The Morgan fingerprint density at radius 2 is 1.81 bits per heavy atom. The summed E-state index contributed by atoms with van der Waals surface area (Å²) in [7, 11) is 0. The molecule has 1 aromatic rings. The summed E-state index contributed by atoms with van der Waals surface area (Å²) in [5.41, 5.74) is 0.222. The van der Waals surface area contributed by atoms with Gasteiger partial charge in [0.25, 0.3) is 0 Å². The van der Waals surface area contributed by atoms with Crippen LogP contribution in [0.25, 0.3) is 0 Å². The highest BCUT2D eigenvalue weighted by molar-refractivity contribution is 6.06. The lowest BCUT2D eigenvalue weighted by Crippen LogP contribution is -2.46. The number of amides is 1. The summed E-state index contributed by atoms with van der Waals surface area (Å²) >= 11 is 0. The minimum atomic E-state index is -0.828. The van der Waals surface area contributed by atoms with Gasteiger partial charge < -0.3 is 9.64 Å². The molecule has 1 unspecified atom stereocenters. The van der Waals surface area contributed by atoms with E-state index in [1.807, 2.05) is 27.7 Å². The Hall–Kier alpha value is -1.91. The predicted octanol–water partition coefficient (Wildman–Crippen LogP) is 2.66. The first kappa shape index (κ1) is 17.1. The van der Waals surface area contributed by atoms with Gasteiger partial charge in [-0.15, -0.1) is 0 Å². The minimum absolute atomic E-state index is 0.241. The average molecular weight is 292 g/mol. The normalized spacial score (nSPS) is 12.6. The van der Waals surface area contributed by atoms with Crippen LogP contribution < -0.4 is 4.90 Å². The highest BCUT2D eigenvalue weighted by Gasteiger charge is 2.41.